The molecule has 2 unspecified atom stereocenters. The minimum Gasteiger partial charge on any atom is -0.391 e. The first-order valence-corrected chi connectivity index (χ1v) is 12.6. The van der Waals surface area contributed by atoms with Crippen molar-refractivity contribution >= 4 is 8.56 Å². The summed E-state index contributed by atoms with van der Waals surface area (Å²) in [5, 5.41) is 0. The summed E-state index contributed by atoms with van der Waals surface area (Å²) >= 11 is 0. The Balaban J connectivity index is 4.25. The molecule has 0 rings (SSSR count). The molecule has 23 heavy (non-hydrogen) atoms. The molecule has 0 aliphatic heterocycles. The quantitative estimate of drug-likeness (QED) is 0.217. The van der Waals surface area contributed by atoms with E-state index >= 15 is 0 Å². The van der Waals surface area contributed by atoms with Gasteiger partial charge in [-0.05, 0) is 38.8 Å². The van der Waals surface area contributed by atoms with E-state index in [1.165, 1.54) is 64.2 Å². The molecular weight excluding hydrogens is 300 g/mol. The molecule has 2 atom stereocenters. The summed E-state index contributed by atoms with van der Waals surface area (Å²) in [5.74, 6) is 0. The van der Waals surface area contributed by atoms with Gasteiger partial charge in [0, 0.05) is 12.2 Å². The van der Waals surface area contributed by atoms with Gasteiger partial charge in [0.2, 0.25) is 0 Å². The molecule has 0 aromatic rings. The van der Waals surface area contributed by atoms with Crippen LogP contribution in [0.25, 0.3) is 0 Å². The Labute approximate surface area is 148 Å². The van der Waals surface area contributed by atoms with Gasteiger partial charge >= 0.3 is 8.56 Å². The van der Waals surface area contributed by atoms with Crippen LogP contribution >= 0.6 is 0 Å². The maximum Gasteiger partial charge on any atom is 0.338 e. The Kier molecular flexibility index (Phi) is 14.6. The van der Waals surface area contributed by atoms with Crippen LogP contribution < -0.4 is 0 Å². The van der Waals surface area contributed by atoms with Gasteiger partial charge in [0.1, 0.15) is 0 Å². The van der Waals surface area contributed by atoms with E-state index < -0.39 is 8.56 Å². The zero-order valence-electron chi connectivity index (χ0n) is 17.0. The largest absolute Gasteiger partial charge is 0.391 e. The summed E-state index contributed by atoms with van der Waals surface area (Å²) in [4.78, 5) is 0. The van der Waals surface area contributed by atoms with Gasteiger partial charge in [0.25, 0.3) is 0 Å². The highest BCUT2D eigenvalue weighted by Crippen LogP contribution is 2.25. The molecule has 0 N–H and O–H groups in total. The molecule has 0 saturated carbocycles. The molecule has 2 nitrogen and oxygen atoms in total. The second-order valence-electron chi connectivity index (χ2n) is 7.17. The van der Waals surface area contributed by atoms with Gasteiger partial charge < -0.3 is 8.85 Å². The van der Waals surface area contributed by atoms with Gasteiger partial charge in [0.15, 0.2) is 0 Å². The minimum atomic E-state index is -2.01. The maximum atomic E-state index is 6.53. The van der Waals surface area contributed by atoms with E-state index in [-0.39, 0.29) is 0 Å². The Hall–Kier alpha value is 0.137. The van der Waals surface area contributed by atoms with Crippen LogP contribution in [-0.4, -0.2) is 20.8 Å². The van der Waals surface area contributed by atoms with Crippen LogP contribution in [0.2, 0.25) is 12.1 Å². The van der Waals surface area contributed by atoms with E-state index in [9.17, 15) is 0 Å². The third-order valence-corrected chi connectivity index (χ3v) is 8.66. The smallest absolute Gasteiger partial charge is 0.338 e. The molecule has 0 amide bonds. The lowest BCUT2D eigenvalue weighted by atomic mass is 10.1. The third kappa shape index (κ3) is 11.3. The van der Waals surface area contributed by atoms with Crippen molar-refractivity contribution in [3.05, 3.63) is 0 Å². The van der Waals surface area contributed by atoms with Gasteiger partial charge in [0.05, 0.1) is 0 Å². The minimum absolute atomic E-state index is 0.353. The van der Waals surface area contributed by atoms with Gasteiger partial charge in [-0.2, -0.15) is 0 Å². The third-order valence-electron chi connectivity index (χ3n) is 4.84. The SMILES string of the molecule is CCCCCCC(C)O[Si](CC)(CC)OC(C)CCCCCC. The van der Waals surface area contributed by atoms with Crippen molar-refractivity contribution in [3.8, 4) is 0 Å². The zero-order valence-corrected chi connectivity index (χ0v) is 18.0. The first-order valence-electron chi connectivity index (χ1n) is 10.4. The van der Waals surface area contributed by atoms with Crippen LogP contribution in [-0.2, 0) is 8.85 Å². The lowest BCUT2D eigenvalue weighted by Gasteiger charge is -2.34. The van der Waals surface area contributed by atoms with Crippen molar-refractivity contribution in [2.75, 3.05) is 0 Å². The Bertz CT molecular complexity index is 232. The van der Waals surface area contributed by atoms with E-state index in [0.717, 1.165) is 12.1 Å². The van der Waals surface area contributed by atoms with Crippen molar-refractivity contribution in [2.45, 2.75) is 130 Å². The molecular formula is C20H44O2Si. The topological polar surface area (TPSA) is 18.5 Å². The van der Waals surface area contributed by atoms with Gasteiger partial charge in [-0.15, -0.1) is 0 Å². The van der Waals surface area contributed by atoms with Crippen LogP contribution in [0.15, 0.2) is 0 Å². The molecule has 0 saturated heterocycles. The highest BCUT2D eigenvalue weighted by atomic mass is 28.4. The summed E-state index contributed by atoms with van der Waals surface area (Å²) in [6, 6.07) is 2.14. The molecule has 0 aromatic carbocycles. The van der Waals surface area contributed by atoms with E-state index in [4.69, 9.17) is 8.85 Å². The molecule has 0 bridgehead atoms. The summed E-state index contributed by atoms with van der Waals surface area (Å²) < 4.78 is 13.1. The standard InChI is InChI=1S/C20H44O2Si/c1-7-11-13-15-17-19(5)21-23(9-3,10-4)22-20(6)18-16-14-12-8-2/h19-20H,7-18H2,1-6H3. The summed E-state index contributed by atoms with van der Waals surface area (Å²) in [6.45, 7) is 13.5. The zero-order chi connectivity index (χ0) is 17.6. The lowest BCUT2D eigenvalue weighted by molar-refractivity contribution is 0.0820. The molecule has 0 fully saturated rings. The first-order chi connectivity index (χ1) is 11.0. The van der Waals surface area contributed by atoms with E-state index in [1.807, 2.05) is 0 Å². The lowest BCUT2D eigenvalue weighted by Crippen LogP contribution is -2.45. The van der Waals surface area contributed by atoms with E-state index in [0.29, 0.717) is 12.2 Å². The highest BCUT2D eigenvalue weighted by Gasteiger charge is 2.36. The fourth-order valence-electron chi connectivity index (χ4n) is 3.18. The Morgan fingerprint density at radius 2 is 1.00 bits per heavy atom. The van der Waals surface area contributed by atoms with Crippen molar-refractivity contribution in [3.63, 3.8) is 0 Å². The molecule has 0 aromatic heterocycles. The van der Waals surface area contributed by atoms with Crippen molar-refractivity contribution in [2.24, 2.45) is 0 Å². The highest BCUT2D eigenvalue weighted by molar-refractivity contribution is 6.67. The Morgan fingerprint density at radius 1 is 0.609 bits per heavy atom. The fourth-order valence-corrected chi connectivity index (χ4v) is 6.10. The van der Waals surface area contributed by atoms with Crippen LogP contribution in [0, 0.1) is 0 Å². The molecule has 0 aliphatic rings. The Morgan fingerprint density at radius 3 is 1.30 bits per heavy atom. The molecule has 0 spiro atoms. The van der Waals surface area contributed by atoms with Crippen LogP contribution in [0.4, 0.5) is 0 Å². The maximum absolute atomic E-state index is 6.53. The van der Waals surface area contributed by atoms with Gasteiger partial charge in [-0.25, -0.2) is 0 Å². The second kappa shape index (κ2) is 14.5. The normalized spacial score (nSPS) is 14.9. The summed E-state index contributed by atoms with van der Waals surface area (Å²) in [5.41, 5.74) is 0. The number of hydrogen-bond acceptors (Lipinski definition) is 2. The van der Waals surface area contributed by atoms with Gasteiger partial charge in [-0.1, -0.05) is 79.1 Å². The number of hydrogen-bond donors (Lipinski definition) is 0. The molecule has 0 heterocycles. The predicted molar refractivity (Wildman–Crippen MR) is 105 cm³/mol. The number of unbranched alkanes of at least 4 members (excludes halogenated alkanes) is 6. The second-order valence-corrected chi connectivity index (χ2v) is 10.9. The predicted octanol–water partition coefficient (Wildman–Crippen LogP) is 7.22. The van der Waals surface area contributed by atoms with Gasteiger partial charge in [-0.3, -0.25) is 0 Å². The molecule has 140 valence electrons. The van der Waals surface area contributed by atoms with Crippen molar-refractivity contribution < 1.29 is 8.85 Å². The fraction of sp³-hybridized carbons (Fsp3) is 1.00. The average Bonchev–Trinajstić information content (AvgIpc) is 2.55. The van der Waals surface area contributed by atoms with Crippen LogP contribution in [0.5, 0.6) is 0 Å². The molecule has 3 heteroatoms. The first kappa shape index (κ1) is 23.1. The molecule has 0 radical (unpaired) electrons. The monoisotopic (exact) mass is 344 g/mol. The van der Waals surface area contributed by atoms with Crippen LogP contribution in [0.1, 0.15) is 106 Å². The van der Waals surface area contributed by atoms with Crippen LogP contribution in [0.3, 0.4) is 0 Å². The number of rotatable bonds is 16. The van der Waals surface area contributed by atoms with E-state index in [2.05, 4.69) is 41.5 Å². The van der Waals surface area contributed by atoms with E-state index in [1.54, 1.807) is 0 Å². The van der Waals surface area contributed by atoms with Crippen molar-refractivity contribution in [1.29, 1.82) is 0 Å². The summed E-state index contributed by atoms with van der Waals surface area (Å²) in [6.07, 6.45) is 13.6. The van der Waals surface area contributed by atoms with Crippen molar-refractivity contribution in [1.82, 2.24) is 0 Å². The molecule has 0 aliphatic carbocycles. The average molecular weight is 345 g/mol. The summed E-state index contributed by atoms with van der Waals surface area (Å²) in [7, 11) is -2.01.